The molecule has 3 aromatic heterocycles. The van der Waals surface area contributed by atoms with Crippen molar-refractivity contribution >= 4 is 17.4 Å². The number of amides is 1. The van der Waals surface area contributed by atoms with Crippen LogP contribution in [0.3, 0.4) is 0 Å². The molecule has 1 N–H and O–H groups in total. The third kappa shape index (κ3) is 3.29. The molecule has 1 aromatic carbocycles. The fourth-order valence-electron chi connectivity index (χ4n) is 2.91. The standard InChI is InChI=1S/C21H17FN4O/c1-13-3-6-15(7-4-13)19-20(26-12-14(2)5-10-18(26)25-19)21(27)24-17-9-8-16(22)11-23-17/h3-12H,1-2H3,(H,23,24,27). The molecule has 0 aliphatic heterocycles. The second-order valence-electron chi connectivity index (χ2n) is 6.43. The predicted octanol–water partition coefficient (Wildman–Crippen LogP) is 4.40. The molecule has 0 saturated heterocycles. The summed E-state index contributed by atoms with van der Waals surface area (Å²) < 4.78 is 14.8. The van der Waals surface area contributed by atoms with Crippen molar-refractivity contribution in [2.45, 2.75) is 13.8 Å². The summed E-state index contributed by atoms with van der Waals surface area (Å²) in [5.41, 5.74) is 4.64. The number of halogens is 1. The van der Waals surface area contributed by atoms with Crippen LogP contribution in [0.2, 0.25) is 0 Å². The minimum atomic E-state index is -0.459. The van der Waals surface area contributed by atoms with Crippen molar-refractivity contribution in [3.63, 3.8) is 0 Å². The van der Waals surface area contributed by atoms with E-state index in [9.17, 15) is 9.18 Å². The molecule has 5 nitrogen and oxygen atoms in total. The zero-order chi connectivity index (χ0) is 19.0. The molecule has 0 aliphatic rings. The van der Waals surface area contributed by atoms with Crippen LogP contribution in [-0.4, -0.2) is 20.3 Å². The van der Waals surface area contributed by atoms with E-state index < -0.39 is 5.82 Å². The Morgan fingerprint density at radius 3 is 2.44 bits per heavy atom. The number of hydrogen-bond donors (Lipinski definition) is 1. The smallest absolute Gasteiger partial charge is 0.276 e. The van der Waals surface area contributed by atoms with E-state index in [0.717, 1.165) is 22.9 Å². The number of carbonyl (C=O) groups is 1. The first-order valence-electron chi connectivity index (χ1n) is 8.50. The van der Waals surface area contributed by atoms with Gasteiger partial charge in [0.1, 0.15) is 28.7 Å². The van der Waals surface area contributed by atoms with Gasteiger partial charge in [-0.05, 0) is 37.6 Å². The van der Waals surface area contributed by atoms with Crippen LogP contribution in [0.4, 0.5) is 10.2 Å². The second kappa shape index (κ2) is 6.64. The van der Waals surface area contributed by atoms with Crippen LogP contribution in [0.15, 0.2) is 60.9 Å². The molecule has 0 fully saturated rings. The molecule has 0 radical (unpaired) electrons. The largest absolute Gasteiger partial charge is 0.305 e. The third-order valence-corrected chi connectivity index (χ3v) is 4.28. The maximum absolute atomic E-state index is 13.1. The highest BCUT2D eigenvalue weighted by molar-refractivity contribution is 6.07. The summed E-state index contributed by atoms with van der Waals surface area (Å²) in [5, 5.41) is 2.73. The van der Waals surface area contributed by atoms with Crippen molar-refractivity contribution < 1.29 is 9.18 Å². The topological polar surface area (TPSA) is 59.3 Å². The summed E-state index contributed by atoms with van der Waals surface area (Å²) in [4.78, 5) is 21.6. The van der Waals surface area contributed by atoms with Gasteiger partial charge in [-0.15, -0.1) is 0 Å². The van der Waals surface area contributed by atoms with E-state index in [0.29, 0.717) is 17.0 Å². The van der Waals surface area contributed by atoms with E-state index in [2.05, 4.69) is 15.3 Å². The highest BCUT2D eigenvalue weighted by Gasteiger charge is 2.21. The van der Waals surface area contributed by atoms with Gasteiger partial charge in [0.25, 0.3) is 5.91 Å². The third-order valence-electron chi connectivity index (χ3n) is 4.28. The lowest BCUT2D eigenvalue weighted by Crippen LogP contribution is -2.16. The molecule has 0 aliphatic carbocycles. The van der Waals surface area contributed by atoms with E-state index in [1.807, 2.05) is 56.4 Å². The molecule has 0 atom stereocenters. The van der Waals surface area contributed by atoms with Gasteiger partial charge in [0.05, 0.1) is 6.20 Å². The van der Waals surface area contributed by atoms with Crippen LogP contribution in [0, 0.1) is 19.7 Å². The number of nitrogens with one attached hydrogen (secondary N) is 1. The molecule has 1 amide bonds. The Morgan fingerprint density at radius 2 is 1.74 bits per heavy atom. The Morgan fingerprint density at radius 1 is 1.00 bits per heavy atom. The molecule has 3 heterocycles. The fourth-order valence-corrected chi connectivity index (χ4v) is 2.91. The molecule has 0 spiro atoms. The maximum Gasteiger partial charge on any atom is 0.276 e. The number of carbonyl (C=O) groups excluding carboxylic acids is 1. The van der Waals surface area contributed by atoms with Crippen LogP contribution in [0.25, 0.3) is 16.9 Å². The van der Waals surface area contributed by atoms with Crippen LogP contribution in [0.1, 0.15) is 21.6 Å². The minimum absolute atomic E-state index is 0.277. The number of aryl methyl sites for hydroxylation is 2. The summed E-state index contributed by atoms with van der Waals surface area (Å²) in [6.07, 6.45) is 2.93. The maximum atomic E-state index is 13.1. The molecule has 0 saturated carbocycles. The summed E-state index contributed by atoms with van der Waals surface area (Å²) >= 11 is 0. The molecule has 4 rings (SSSR count). The number of pyridine rings is 2. The van der Waals surface area contributed by atoms with Crippen LogP contribution >= 0.6 is 0 Å². The SMILES string of the molecule is Cc1ccc(-c2nc3ccc(C)cn3c2C(=O)Nc2ccc(F)cn2)cc1. The molecule has 0 unspecified atom stereocenters. The van der Waals surface area contributed by atoms with Crippen LogP contribution in [0.5, 0.6) is 0 Å². The summed E-state index contributed by atoms with van der Waals surface area (Å²) in [6.45, 7) is 3.96. The lowest BCUT2D eigenvalue weighted by molar-refractivity contribution is 0.102. The number of imidazole rings is 1. The molecule has 134 valence electrons. The Balaban J connectivity index is 1.84. The molecule has 6 heteroatoms. The predicted molar refractivity (Wildman–Crippen MR) is 102 cm³/mol. The highest BCUT2D eigenvalue weighted by atomic mass is 19.1. The lowest BCUT2D eigenvalue weighted by atomic mass is 10.1. The van der Waals surface area contributed by atoms with Crippen molar-refractivity contribution in [2.24, 2.45) is 0 Å². The quantitative estimate of drug-likeness (QED) is 0.589. The Hall–Kier alpha value is -3.54. The van der Waals surface area contributed by atoms with E-state index in [1.165, 1.54) is 12.1 Å². The first-order chi connectivity index (χ1) is 13.0. The van der Waals surface area contributed by atoms with Crippen molar-refractivity contribution in [3.8, 4) is 11.3 Å². The second-order valence-corrected chi connectivity index (χ2v) is 6.43. The van der Waals surface area contributed by atoms with E-state index in [1.54, 1.807) is 4.40 Å². The van der Waals surface area contributed by atoms with Crippen molar-refractivity contribution in [1.82, 2.24) is 14.4 Å². The molecule has 0 bridgehead atoms. The number of fused-ring (bicyclic) bond motifs is 1. The van der Waals surface area contributed by atoms with E-state index >= 15 is 0 Å². The number of hydrogen-bond acceptors (Lipinski definition) is 3. The number of rotatable bonds is 3. The molecular formula is C21H17FN4O. The Labute approximate surface area is 155 Å². The zero-order valence-electron chi connectivity index (χ0n) is 14.9. The van der Waals surface area contributed by atoms with Gasteiger partial charge in [0.15, 0.2) is 0 Å². The number of aromatic nitrogens is 3. The first-order valence-corrected chi connectivity index (χ1v) is 8.50. The Bertz CT molecular complexity index is 1130. The van der Waals surface area contributed by atoms with Gasteiger partial charge < -0.3 is 5.32 Å². The lowest BCUT2D eigenvalue weighted by Gasteiger charge is -2.07. The van der Waals surface area contributed by atoms with Gasteiger partial charge in [0.2, 0.25) is 0 Å². The minimum Gasteiger partial charge on any atom is -0.305 e. The normalized spacial score (nSPS) is 10.9. The highest BCUT2D eigenvalue weighted by Crippen LogP contribution is 2.26. The number of benzene rings is 1. The van der Waals surface area contributed by atoms with Crippen molar-refractivity contribution in [1.29, 1.82) is 0 Å². The number of nitrogens with zero attached hydrogens (tertiary/aromatic N) is 3. The van der Waals surface area contributed by atoms with Gasteiger partial charge in [-0.2, -0.15) is 0 Å². The van der Waals surface area contributed by atoms with Crippen LogP contribution < -0.4 is 5.32 Å². The molecular weight excluding hydrogens is 343 g/mol. The zero-order valence-corrected chi connectivity index (χ0v) is 14.9. The average Bonchev–Trinajstić information content (AvgIpc) is 3.03. The summed E-state index contributed by atoms with van der Waals surface area (Å²) in [5.74, 6) is -0.541. The van der Waals surface area contributed by atoms with Gasteiger partial charge in [-0.25, -0.2) is 14.4 Å². The fraction of sp³-hybridized carbons (Fsp3) is 0.0952. The number of anilines is 1. The Kier molecular flexibility index (Phi) is 4.16. The van der Waals surface area contributed by atoms with Gasteiger partial charge in [-0.3, -0.25) is 9.20 Å². The first kappa shape index (κ1) is 16.9. The van der Waals surface area contributed by atoms with Gasteiger partial charge in [0, 0.05) is 11.8 Å². The van der Waals surface area contributed by atoms with E-state index in [-0.39, 0.29) is 11.7 Å². The monoisotopic (exact) mass is 360 g/mol. The van der Waals surface area contributed by atoms with Crippen molar-refractivity contribution in [3.05, 3.63) is 83.6 Å². The van der Waals surface area contributed by atoms with Gasteiger partial charge >= 0.3 is 0 Å². The summed E-state index contributed by atoms with van der Waals surface area (Å²) in [7, 11) is 0. The van der Waals surface area contributed by atoms with Crippen molar-refractivity contribution in [2.75, 3.05) is 5.32 Å². The molecule has 4 aromatic rings. The van der Waals surface area contributed by atoms with E-state index in [4.69, 9.17) is 0 Å². The summed E-state index contributed by atoms with van der Waals surface area (Å²) in [6, 6.07) is 14.3. The van der Waals surface area contributed by atoms with Gasteiger partial charge in [-0.1, -0.05) is 35.9 Å². The van der Waals surface area contributed by atoms with Crippen LogP contribution in [-0.2, 0) is 0 Å². The molecule has 27 heavy (non-hydrogen) atoms. The average molecular weight is 360 g/mol.